The van der Waals surface area contributed by atoms with Gasteiger partial charge in [0.05, 0.1) is 29.3 Å². The van der Waals surface area contributed by atoms with Crippen LogP contribution < -0.4 is 31.5 Å². The van der Waals surface area contributed by atoms with Gasteiger partial charge in [-0.1, -0.05) is 151 Å². The van der Waals surface area contributed by atoms with Gasteiger partial charge in [-0.25, -0.2) is 0 Å². The lowest BCUT2D eigenvalue weighted by molar-refractivity contribution is -0.117. The highest BCUT2D eigenvalue weighted by atomic mass is 16.2. The third-order valence-electron chi connectivity index (χ3n) is 13.7. The molecule has 5 N–H and O–H groups in total. The number of carbonyl (C=O) groups excluding carboxylic acids is 2. The Kier molecular flexibility index (Phi) is 16.3. The van der Waals surface area contributed by atoms with E-state index in [1.54, 1.807) is 9.80 Å². The predicted octanol–water partition coefficient (Wildman–Crippen LogP) is 12.6. The maximum Gasteiger partial charge on any atom is 0.245 e. The highest BCUT2D eigenvalue weighted by molar-refractivity contribution is 6.04. The molecule has 0 saturated carbocycles. The molecule has 73 heavy (non-hydrogen) atoms. The van der Waals surface area contributed by atoms with Gasteiger partial charge < -0.3 is 21.7 Å². The summed E-state index contributed by atoms with van der Waals surface area (Å²) in [6, 6.07) is 66.2. The average molecular weight is 964 g/mol. The minimum Gasteiger partial charge on any atom is -0.355 e. The highest BCUT2D eigenvalue weighted by Gasteiger charge is 2.26. The van der Waals surface area contributed by atoms with Crippen LogP contribution in [-0.2, 0) is 61.0 Å². The van der Waals surface area contributed by atoms with Crippen molar-refractivity contribution in [2.24, 2.45) is 16.6 Å². The summed E-state index contributed by atoms with van der Waals surface area (Å²) >= 11 is 0. The lowest BCUT2D eigenvalue weighted by atomic mass is 10.0. The van der Waals surface area contributed by atoms with E-state index in [2.05, 4.69) is 129 Å². The molecule has 0 aromatic heterocycles. The molecule has 0 radical (unpaired) electrons. The first-order valence-electron chi connectivity index (χ1n) is 25.2. The number of nitrogens with two attached hydrogens (primary N) is 2. The number of rotatable bonds is 5. The number of nitrogens with zero attached hydrogens (tertiary/aromatic N) is 6. The van der Waals surface area contributed by atoms with Crippen LogP contribution in [0.25, 0.3) is 10.4 Å². The quantitative estimate of drug-likeness (QED) is 0.0885. The van der Waals surface area contributed by atoms with Gasteiger partial charge in [-0.3, -0.25) is 19.4 Å². The van der Waals surface area contributed by atoms with Gasteiger partial charge >= 0.3 is 0 Å². The molecule has 4 aliphatic heterocycles. The standard InChI is InChI=1S/C16H14N4O.C16H16N2O.C16H18N2.C14H13N/c17-19-18-11-16(21)20-14-7-3-1-5-12(14)9-10-13-6-2-4-8-15(13)20;17-11-16(19)18-14-7-3-1-5-12(14)9-10-13-6-2-4-8-15(13)18;17-11-12-18-15-7-3-1-5-13(15)9-10-14-6-2-4-8-16(14)18;1-3-7-13-11(5-1)9-10-12-6-2-4-8-14(12)15-13/h1-8H,9-11H2;1-8H,9-11,17H2;1-8H,9-12,17H2;1-8,15H,9-10H2. The lowest BCUT2D eigenvalue weighted by Gasteiger charge is -2.26. The Labute approximate surface area is 428 Å². The average Bonchev–Trinajstić information content (AvgIpc) is 3.89. The van der Waals surface area contributed by atoms with E-state index in [0.29, 0.717) is 6.54 Å². The summed E-state index contributed by atoms with van der Waals surface area (Å²) in [4.78, 5) is 33.2. The molecule has 366 valence electrons. The van der Waals surface area contributed by atoms with Gasteiger partial charge in [0.1, 0.15) is 6.54 Å². The van der Waals surface area contributed by atoms with Gasteiger partial charge in [0.15, 0.2) is 0 Å². The van der Waals surface area contributed by atoms with Crippen molar-refractivity contribution in [1.82, 2.24) is 0 Å². The van der Waals surface area contributed by atoms with Crippen LogP contribution in [0.5, 0.6) is 0 Å². The van der Waals surface area contributed by atoms with Gasteiger partial charge in [-0.2, -0.15) is 0 Å². The Morgan fingerprint density at radius 3 is 1.05 bits per heavy atom. The molecule has 0 bridgehead atoms. The van der Waals surface area contributed by atoms with E-state index in [4.69, 9.17) is 17.0 Å². The number of fused-ring (bicyclic) bond motifs is 8. The predicted molar refractivity (Wildman–Crippen MR) is 298 cm³/mol. The van der Waals surface area contributed by atoms with E-state index >= 15 is 0 Å². The SMILES string of the molecule is NCC(=O)N1c2ccccc2CCc2ccccc21.NCCN1c2ccccc2CCc2ccccc21.[N-]=[N+]=NCC(=O)N1c2ccccc2CCc2ccccc21.c1ccc2c(c1)CCc1ccccc1N2. The Morgan fingerprint density at radius 2 is 0.712 bits per heavy atom. The van der Waals surface area contributed by atoms with E-state index in [1.165, 1.54) is 56.1 Å². The second kappa shape index (κ2) is 24.1. The van der Waals surface area contributed by atoms with Crippen molar-refractivity contribution in [2.75, 3.05) is 46.2 Å². The smallest absolute Gasteiger partial charge is 0.245 e. The first-order valence-corrected chi connectivity index (χ1v) is 25.2. The molecule has 0 atom stereocenters. The maximum atomic E-state index is 12.5. The topological polar surface area (TPSA) is 157 Å². The third kappa shape index (κ3) is 11.5. The van der Waals surface area contributed by atoms with Crippen LogP contribution in [-0.4, -0.2) is 38.0 Å². The summed E-state index contributed by atoms with van der Waals surface area (Å²) < 4.78 is 0. The number of aryl methyl sites for hydroxylation is 8. The highest BCUT2D eigenvalue weighted by Crippen LogP contribution is 2.39. The number of azide groups is 1. The van der Waals surface area contributed by atoms with E-state index in [-0.39, 0.29) is 24.9 Å². The van der Waals surface area contributed by atoms with E-state index in [0.717, 1.165) is 91.8 Å². The summed E-state index contributed by atoms with van der Waals surface area (Å²) in [5.41, 5.74) is 38.9. The minimum atomic E-state index is -0.213. The molecule has 8 aromatic rings. The van der Waals surface area contributed by atoms with E-state index < -0.39 is 0 Å². The van der Waals surface area contributed by atoms with E-state index in [1.807, 2.05) is 84.9 Å². The monoisotopic (exact) mass is 963 g/mol. The summed E-state index contributed by atoms with van der Waals surface area (Å²) in [6.07, 6.45) is 8.13. The molecular formula is C62H61N9O2. The number of nitrogens with one attached hydrogen (secondary N) is 1. The summed E-state index contributed by atoms with van der Waals surface area (Å²) in [7, 11) is 0. The van der Waals surface area contributed by atoms with Crippen LogP contribution in [0.4, 0.5) is 45.5 Å². The Balaban J connectivity index is 0.000000121. The summed E-state index contributed by atoms with van der Waals surface area (Å²) in [5.74, 6) is -0.281. The zero-order chi connectivity index (χ0) is 50.4. The molecule has 4 aliphatic rings. The lowest BCUT2D eigenvalue weighted by Crippen LogP contribution is -2.32. The molecule has 8 aromatic carbocycles. The van der Waals surface area contributed by atoms with Crippen LogP contribution in [0.15, 0.2) is 199 Å². The third-order valence-corrected chi connectivity index (χ3v) is 13.7. The molecule has 12 rings (SSSR count). The van der Waals surface area contributed by atoms with Gasteiger partial charge in [0, 0.05) is 40.8 Å². The largest absolute Gasteiger partial charge is 0.355 e. The molecule has 0 saturated heterocycles. The number of para-hydroxylation sites is 8. The number of hydrogen-bond acceptors (Lipinski definition) is 7. The second-order valence-corrected chi connectivity index (χ2v) is 18.2. The van der Waals surface area contributed by atoms with Crippen LogP contribution in [0, 0.1) is 0 Å². The maximum absolute atomic E-state index is 12.5. The first-order chi connectivity index (χ1) is 35.9. The molecule has 0 aliphatic carbocycles. The van der Waals surface area contributed by atoms with E-state index in [9.17, 15) is 9.59 Å². The number of carbonyl (C=O) groups is 2. The Morgan fingerprint density at radius 1 is 0.425 bits per heavy atom. The van der Waals surface area contributed by atoms with Crippen LogP contribution >= 0.6 is 0 Å². The minimum absolute atomic E-state index is 0.0165. The zero-order valence-electron chi connectivity index (χ0n) is 41.1. The molecule has 2 amide bonds. The van der Waals surface area contributed by atoms with Crippen molar-refractivity contribution in [1.29, 1.82) is 0 Å². The van der Waals surface area contributed by atoms with Gasteiger partial charge in [0.25, 0.3) is 0 Å². The van der Waals surface area contributed by atoms with Gasteiger partial charge in [0.2, 0.25) is 11.8 Å². The van der Waals surface area contributed by atoms with Crippen molar-refractivity contribution in [3.05, 3.63) is 249 Å². The van der Waals surface area contributed by atoms with Crippen LogP contribution in [0.1, 0.15) is 44.5 Å². The first kappa shape index (κ1) is 49.5. The van der Waals surface area contributed by atoms with Crippen LogP contribution in [0.3, 0.4) is 0 Å². The summed E-state index contributed by atoms with van der Waals surface area (Å²) in [5, 5.41) is 6.92. The van der Waals surface area contributed by atoms with Gasteiger partial charge in [-0.05, 0) is 150 Å². The Bertz CT molecular complexity index is 3070. The zero-order valence-corrected chi connectivity index (χ0v) is 41.1. The second-order valence-electron chi connectivity index (χ2n) is 18.2. The molecule has 11 nitrogen and oxygen atoms in total. The molecule has 11 heteroatoms. The number of anilines is 8. The summed E-state index contributed by atoms with van der Waals surface area (Å²) in [6.45, 7) is 1.37. The molecule has 0 fully saturated rings. The molecular weight excluding hydrogens is 903 g/mol. The molecule has 4 heterocycles. The number of amides is 2. The Hall–Kier alpha value is -8.47. The number of benzene rings is 8. The van der Waals surface area contributed by atoms with Crippen molar-refractivity contribution >= 4 is 57.3 Å². The number of hydrogen-bond donors (Lipinski definition) is 3. The van der Waals surface area contributed by atoms with Crippen molar-refractivity contribution in [3.63, 3.8) is 0 Å². The van der Waals surface area contributed by atoms with Gasteiger partial charge in [-0.15, -0.1) is 0 Å². The fourth-order valence-corrected chi connectivity index (χ4v) is 10.2. The van der Waals surface area contributed by atoms with Crippen molar-refractivity contribution < 1.29 is 9.59 Å². The fraction of sp³-hybridized carbons (Fsp3) is 0.194. The van der Waals surface area contributed by atoms with Crippen molar-refractivity contribution in [3.8, 4) is 0 Å². The normalized spacial score (nSPS) is 13.3. The fourth-order valence-electron chi connectivity index (χ4n) is 10.2. The molecule has 0 spiro atoms. The van der Waals surface area contributed by atoms with Crippen molar-refractivity contribution in [2.45, 2.75) is 51.4 Å². The van der Waals surface area contributed by atoms with Crippen LogP contribution in [0.2, 0.25) is 0 Å². The molecule has 0 unspecified atom stereocenters.